The van der Waals surface area contributed by atoms with Crippen LogP contribution in [-0.4, -0.2) is 14.0 Å². The molecule has 0 aliphatic heterocycles. The highest BCUT2D eigenvalue weighted by atomic mass is 32.2. The fraction of sp³-hybridized carbons (Fsp3) is 0.348. The van der Waals surface area contributed by atoms with Crippen molar-refractivity contribution in [3.8, 4) is 17.2 Å². The number of sulfone groups is 1. The molecule has 0 radical (unpaired) electrons. The molecule has 0 saturated carbocycles. The molecule has 5 heteroatoms. The minimum atomic E-state index is -3.64. The largest absolute Gasteiger partial charge is 0.488 e. The summed E-state index contributed by atoms with van der Waals surface area (Å²) in [6.07, 6.45) is 1.91. The van der Waals surface area contributed by atoms with E-state index in [2.05, 4.69) is 130 Å². The molecular formula is C46H54O4S. The minimum Gasteiger partial charge on any atom is -0.488 e. The summed E-state index contributed by atoms with van der Waals surface area (Å²) in [5, 5.41) is 0. The summed E-state index contributed by atoms with van der Waals surface area (Å²) in [4.78, 5) is 0.525. The average molecular weight is 703 g/mol. The van der Waals surface area contributed by atoms with Crippen molar-refractivity contribution in [1.29, 1.82) is 0 Å². The first-order chi connectivity index (χ1) is 23.9. The van der Waals surface area contributed by atoms with Crippen molar-refractivity contribution in [1.82, 2.24) is 0 Å². The molecule has 0 aromatic heterocycles. The lowest BCUT2D eigenvalue weighted by Crippen LogP contribution is -2.27. The van der Waals surface area contributed by atoms with Gasteiger partial charge in [0.25, 0.3) is 0 Å². The number of hydrogen-bond acceptors (Lipinski definition) is 4. The Labute approximate surface area is 306 Å². The van der Waals surface area contributed by atoms with Crippen molar-refractivity contribution in [2.75, 3.05) is 0 Å². The maximum Gasteiger partial charge on any atom is 0.206 e. The minimum absolute atomic E-state index is 0.00634. The normalized spacial score (nSPS) is 12.8. The molecule has 0 aliphatic carbocycles. The molecule has 4 nitrogen and oxygen atoms in total. The molecule has 0 fully saturated rings. The third kappa shape index (κ3) is 8.25. The van der Waals surface area contributed by atoms with Gasteiger partial charge in [-0.05, 0) is 121 Å². The molecule has 5 rings (SSSR count). The van der Waals surface area contributed by atoms with Crippen LogP contribution in [0.1, 0.15) is 110 Å². The molecule has 5 aromatic carbocycles. The van der Waals surface area contributed by atoms with E-state index in [0.29, 0.717) is 11.5 Å². The highest BCUT2D eigenvalue weighted by molar-refractivity contribution is 7.91. The van der Waals surface area contributed by atoms with E-state index in [9.17, 15) is 8.42 Å². The summed E-state index contributed by atoms with van der Waals surface area (Å²) in [6.45, 7) is 21.9. The first kappa shape index (κ1) is 37.9. The van der Waals surface area contributed by atoms with Gasteiger partial charge in [0.05, 0.1) is 9.79 Å². The van der Waals surface area contributed by atoms with Gasteiger partial charge < -0.3 is 9.47 Å². The summed E-state index contributed by atoms with van der Waals surface area (Å²) in [5.74, 6) is 2.15. The van der Waals surface area contributed by atoms with Crippen molar-refractivity contribution in [2.45, 2.75) is 114 Å². The summed E-state index contributed by atoms with van der Waals surface area (Å²) in [5.41, 5.74) is 5.34. The topological polar surface area (TPSA) is 52.6 Å². The van der Waals surface area contributed by atoms with Crippen LogP contribution < -0.4 is 9.47 Å². The van der Waals surface area contributed by atoms with E-state index >= 15 is 0 Å². The van der Waals surface area contributed by atoms with E-state index in [-0.39, 0.29) is 31.6 Å². The van der Waals surface area contributed by atoms with Crippen molar-refractivity contribution in [2.24, 2.45) is 0 Å². The highest BCUT2D eigenvalue weighted by Crippen LogP contribution is 2.38. The molecule has 0 bridgehead atoms. The SMILES string of the molecule is CCC(C)(C)Oc1ccc(C(C)(C)c2cccc(C(C)(C)c3ccc(Oc4ccc(S(=O)(=O)c5ccc(C(C)(C)CC)cc5)cc4)cc3)c2)cc1. The predicted molar refractivity (Wildman–Crippen MR) is 210 cm³/mol. The molecule has 5 aromatic rings. The Morgan fingerprint density at radius 2 is 0.863 bits per heavy atom. The molecule has 268 valence electrons. The second-order valence-electron chi connectivity index (χ2n) is 15.9. The summed E-state index contributed by atoms with van der Waals surface area (Å²) in [7, 11) is -3.64. The van der Waals surface area contributed by atoms with Crippen molar-refractivity contribution >= 4 is 9.84 Å². The molecule has 0 saturated heterocycles. The number of rotatable bonds is 13. The fourth-order valence-corrected chi connectivity index (χ4v) is 7.41. The van der Waals surface area contributed by atoms with Crippen LogP contribution in [0.3, 0.4) is 0 Å². The lowest BCUT2D eigenvalue weighted by atomic mass is 9.73. The summed E-state index contributed by atoms with van der Waals surface area (Å²) in [6, 6.07) is 39.4. The van der Waals surface area contributed by atoms with Crippen LogP contribution in [0.25, 0.3) is 0 Å². The highest BCUT2D eigenvalue weighted by Gasteiger charge is 2.28. The van der Waals surface area contributed by atoms with E-state index in [4.69, 9.17) is 9.47 Å². The van der Waals surface area contributed by atoms with Gasteiger partial charge in [-0.1, -0.05) is 116 Å². The Morgan fingerprint density at radius 1 is 0.471 bits per heavy atom. The first-order valence-corrected chi connectivity index (χ1v) is 19.5. The van der Waals surface area contributed by atoms with E-state index < -0.39 is 9.84 Å². The van der Waals surface area contributed by atoms with E-state index in [0.717, 1.165) is 24.2 Å². The van der Waals surface area contributed by atoms with Gasteiger partial charge >= 0.3 is 0 Å². The zero-order chi connectivity index (χ0) is 37.2. The maximum absolute atomic E-state index is 13.3. The zero-order valence-corrected chi connectivity index (χ0v) is 32.8. The Bertz CT molecular complexity index is 2030. The van der Waals surface area contributed by atoms with Crippen LogP contribution in [0.5, 0.6) is 17.2 Å². The molecule has 0 spiro atoms. The molecule has 0 atom stereocenters. The van der Waals surface area contributed by atoms with Crippen LogP contribution in [0.15, 0.2) is 131 Å². The molecule has 0 amide bonds. The Hall–Kier alpha value is -4.35. The number of ether oxygens (including phenoxy) is 2. The third-order valence-electron chi connectivity index (χ3n) is 10.9. The van der Waals surface area contributed by atoms with Crippen molar-refractivity contribution in [3.63, 3.8) is 0 Å². The van der Waals surface area contributed by atoms with Gasteiger partial charge in [0.1, 0.15) is 22.8 Å². The Kier molecular flexibility index (Phi) is 10.7. The van der Waals surface area contributed by atoms with Crippen LogP contribution >= 0.6 is 0 Å². The monoisotopic (exact) mass is 702 g/mol. The number of benzene rings is 5. The van der Waals surface area contributed by atoms with Crippen LogP contribution in [0, 0.1) is 0 Å². The van der Waals surface area contributed by atoms with Crippen LogP contribution in [0.2, 0.25) is 0 Å². The smallest absolute Gasteiger partial charge is 0.206 e. The van der Waals surface area contributed by atoms with Crippen LogP contribution in [-0.2, 0) is 26.1 Å². The predicted octanol–water partition coefficient (Wildman–Crippen LogP) is 12.2. The van der Waals surface area contributed by atoms with Gasteiger partial charge in [-0.15, -0.1) is 0 Å². The van der Waals surface area contributed by atoms with Gasteiger partial charge in [-0.25, -0.2) is 8.42 Å². The van der Waals surface area contributed by atoms with E-state index in [1.54, 1.807) is 36.4 Å². The second kappa shape index (κ2) is 14.3. The standard InChI is InChI=1S/C46H54O4S/c1-11-43(3,4)33-20-28-41(29-21-33)51(47,48)42-30-26-39(27-31-42)49-38-22-16-34(17-23-38)45(7,8)36-14-13-15-37(32-36)46(9,10)35-18-24-40(25-19-35)50-44(5,6)12-2/h13-32H,11-12H2,1-10H3. The van der Waals surface area contributed by atoms with Gasteiger partial charge in [0, 0.05) is 10.8 Å². The summed E-state index contributed by atoms with van der Waals surface area (Å²) < 4.78 is 39.0. The maximum atomic E-state index is 13.3. The fourth-order valence-electron chi connectivity index (χ4n) is 6.15. The van der Waals surface area contributed by atoms with Crippen molar-refractivity contribution < 1.29 is 17.9 Å². The van der Waals surface area contributed by atoms with Gasteiger partial charge in [0.15, 0.2) is 0 Å². The first-order valence-electron chi connectivity index (χ1n) is 18.0. The quantitative estimate of drug-likeness (QED) is 0.123. The molecule has 0 aliphatic rings. The second-order valence-corrected chi connectivity index (χ2v) is 17.9. The van der Waals surface area contributed by atoms with Gasteiger partial charge in [0.2, 0.25) is 9.84 Å². The van der Waals surface area contributed by atoms with Gasteiger partial charge in [-0.3, -0.25) is 0 Å². The zero-order valence-electron chi connectivity index (χ0n) is 32.0. The van der Waals surface area contributed by atoms with Gasteiger partial charge in [-0.2, -0.15) is 0 Å². The van der Waals surface area contributed by atoms with Crippen LogP contribution in [0.4, 0.5) is 0 Å². The third-order valence-corrected chi connectivity index (χ3v) is 12.7. The number of hydrogen-bond donors (Lipinski definition) is 0. The molecular weight excluding hydrogens is 649 g/mol. The molecule has 0 N–H and O–H groups in total. The average Bonchev–Trinajstić information content (AvgIpc) is 3.12. The Balaban J connectivity index is 1.28. The van der Waals surface area contributed by atoms with E-state index in [1.807, 2.05) is 24.3 Å². The molecule has 0 heterocycles. The lowest BCUT2D eigenvalue weighted by molar-refractivity contribution is 0.105. The van der Waals surface area contributed by atoms with E-state index in [1.165, 1.54) is 22.3 Å². The Morgan fingerprint density at radius 3 is 1.29 bits per heavy atom. The van der Waals surface area contributed by atoms with Crippen molar-refractivity contribution in [3.05, 3.63) is 149 Å². The molecule has 51 heavy (non-hydrogen) atoms. The summed E-state index contributed by atoms with van der Waals surface area (Å²) >= 11 is 0. The molecule has 0 unspecified atom stereocenters. The lowest BCUT2D eigenvalue weighted by Gasteiger charge is -2.31.